The number of pyridine rings is 1. The zero-order valence-electron chi connectivity index (χ0n) is 9.64. The van der Waals surface area contributed by atoms with Crippen molar-refractivity contribution in [1.29, 1.82) is 0 Å². The van der Waals surface area contributed by atoms with Crippen LogP contribution < -0.4 is 5.32 Å². The van der Waals surface area contributed by atoms with Gasteiger partial charge in [-0.05, 0) is 37.3 Å². The predicted octanol–water partition coefficient (Wildman–Crippen LogP) is 4.40. The second-order valence-electron chi connectivity index (χ2n) is 3.89. The van der Waals surface area contributed by atoms with Gasteiger partial charge < -0.3 is 5.32 Å². The van der Waals surface area contributed by atoms with Gasteiger partial charge in [0.05, 0.1) is 21.6 Å². The van der Waals surface area contributed by atoms with Gasteiger partial charge in [-0.15, -0.1) is 0 Å². The highest BCUT2D eigenvalue weighted by atomic mass is 35.5. The number of rotatable bonds is 2. The molecule has 0 atom stereocenters. The van der Waals surface area contributed by atoms with Crippen molar-refractivity contribution in [2.75, 3.05) is 5.32 Å². The van der Waals surface area contributed by atoms with E-state index in [1.165, 1.54) is 0 Å². The molecule has 0 fully saturated rings. The van der Waals surface area contributed by atoms with E-state index in [-0.39, 0.29) is 0 Å². The zero-order valence-corrected chi connectivity index (χ0v) is 11.2. The molecule has 0 spiro atoms. The molecular formula is C13H10ClN3S. The van der Waals surface area contributed by atoms with Crippen LogP contribution in [-0.4, -0.2) is 9.97 Å². The molecule has 0 bridgehead atoms. The molecule has 1 N–H and O–H groups in total. The van der Waals surface area contributed by atoms with Crippen LogP contribution in [0.5, 0.6) is 0 Å². The summed E-state index contributed by atoms with van der Waals surface area (Å²) >= 11 is 7.55. The van der Waals surface area contributed by atoms with Crippen molar-refractivity contribution in [2.24, 2.45) is 0 Å². The van der Waals surface area contributed by atoms with Gasteiger partial charge in [0.25, 0.3) is 0 Å². The third-order valence-corrected chi connectivity index (χ3v) is 3.79. The van der Waals surface area contributed by atoms with Crippen LogP contribution in [0.25, 0.3) is 10.2 Å². The summed E-state index contributed by atoms with van der Waals surface area (Å²) < 4.78 is 1.11. The van der Waals surface area contributed by atoms with E-state index >= 15 is 0 Å². The quantitative estimate of drug-likeness (QED) is 0.753. The minimum absolute atomic E-state index is 0.705. The van der Waals surface area contributed by atoms with Crippen LogP contribution >= 0.6 is 22.9 Å². The maximum Gasteiger partial charge on any atom is 0.188 e. The average molecular weight is 276 g/mol. The molecule has 0 amide bonds. The Balaban J connectivity index is 1.98. The summed E-state index contributed by atoms with van der Waals surface area (Å²) in [5.41, 5.74) is 2.84. The summed E-state index contributed by atoms with van der Waals surface area (Å²) in [4.78, 5) is 8.74. The van der Waals surface area contributed by atoms with Crippen molar-refractivity contribution < 1.29 is 0 Å². The van der Waals surface area contributed by atoms with Crippen LogP contribution in [-0.2, 0) is 0 Å². The maximum atomic E-state index is 5.95. The van der Waals surface area contributed by atoms with Gasteiger partial charge in [-0.2, -0.15) is 0 Å². The predicted molar refractivity (Wildman–Crippen MR) is 76.9 cm³/mol. The number of hydrogen-bond acceptors (Lipinski definition) is 4. The molecule has 3 rings (SSSR count). The van der Waals surface area contributed by atoms with Crippen LogP contribution in [0.3, 0.4) is 0 Å². The fourth-order valence-electron chi connectivity index (χ4n) is 1.69. The Kier molecular flexibility index (Phi) is 2.89. The van der Waals surface area contributed by atoms with E-state index in [4.69, 9.17) is 11.6 Å². The highest BCUT2D eigenvalue weighted by Gasteiger charge is 2.06. The van der Waals surface area contributed by atoms with Crippen molar-refractivity contribution in [1.82, 2.24) is 9.97 Å². The summed E-state index contributed by atoms with van der Waals surface area (Å²) in [5.74, 6) is 0. The first-order valence-electron chi connectivity index (χ1n) is 5.47. The monoisotopic (exact) mass is 275 g/mol. The fourth-order valence-corrected chi connectivity index (χ4v) is 2.71. The van der Waals surface area contributed by atoms with E-state index in [1.54, 1.807) is 17.5 Å². The molecular weight excluding hydrogens is 266 g/mol. The molecule has 3 nitrogen and oxygen atoms in total. The number of aryl methyl sites for hydroxylation is 1. The lowest BCUT2D eigenvalue weighted by Gasteiger charge is -2.04. The molecule has 0 aliphatic carbocycles. The highest BCUT2D eigenvalue weighted by Crippen LogP contribution is 2.30. The van der Waals surface area contributed by atoms with Crippen LogP contribution in [0.2, 0.25) is 5.02 Å². The SMILES string of the molecule is Cc1ncccc1Nc1nc2cc(Cl)ccc2s1. The van der Waals surface area contributed by atoms with Crippen LogP contribution in [0.4, 0.5) is 10.8 Å². The Bertz CT molecular complexity index is 708. The second kappa shape index (κ2) is 4.55. The largest absolute Gasteiger partial charge is 0.330 e. The number of halogens is 1. The van der Waals surface area contributed by atoms with Crippen molar-refractivity contribution in [3.8, 4) is 0 Å². The third-order valence-electron chi connectivity index (χ3n) is 2.60. The van der Waals surface area contributed by atoms with E-state index in [0.717, 1.165) is 26.7 Å². The number of nitrogens with one attached hydrogen (secondary N) is 1. The molecule has 0 aliphatic heterocycles. The van der Waals surface area contributed by atoms with Gasteiger partial charge in [0.1, 0.15) is 0 Å². The fraction of sp³-hybridized carbons (Fsp3) is 0.0769. The minimum atomic E-state index is 0.705. The van der Waals surface area contributed by atoms with Gasteiger partial charge in [0.2, 0.25) is 0 Å². The number of nitrogens with zero attached hydrogens (tertiary/aromatic N) is 2. The molecule has 0 radical (unpaired) electrons. The van der Waals surface area contributed by atoms with Crippen LogP contribution in [0.1, 0.15) is 5.69 Å². The van der Waals surface area contributed by atoms with Crippen molar-refractivity contribution in [3.05, 3.63) is 47.2 Å². The Morgan fingerprint density at radius 3 is 3.00 bits per heavy atom. The smallest absolute Gasteiger partial charge is 0.188 e. The van der Waals surface area contributed by atoms with Gasteiger partial charge in [-0.3, -0.25) is 4.98 Å². The summed E-state index contributed by atoms with van der Waals surface area (Å²) in [6, 6.07) is 9.62. The molecule has 0 aliphatic rings. The zero-order chi connectivity index (χ0) is 12.5. The number of aromatic nitrogens is 2. The average Bonchev–Trinajstić information content (AvgIpc) is 2.73. The van der Waals surface area contributed by atoms with E-state index in [2.05, 4.69) is 15.3 Å². The number of fused-ring (bicyclic) bond motifs is 1. The Morgan fingerprint density at radius 1 is 1.28 bits per heavy atom. The third kappa shape index (κ3) is 2.17. The highest BCUT2D eigenvalue weighted by molar-refractivity contribution is 7.22. The number of benzene rings is 1. The van der Waals surface area contributed by atoms with Crippen LogP contribution in [0, 0.1) is 6.92 Å². The first kappa shape index (κ1) is 11.4. The van der Waals surface area contributed by atoms with Gasteiger partial charge in [0, 0.05) is 11.2 Å². The Labute approximate surface area is 113 Å². The second-order valence-corrected chi connectivity index (χ2v) is 5.36. The number of anilines is 2. The lowest BCUT2D eigenvalue weighted by atomic mass is 10.3. The molecule has 2 aromatic heterocycles. The summed E-state index contributed by atoms with van der Waals surface area (Å²) in [7, 11) is 0. The maximum absolute atomic E-state index is 5.95. The normalized spacial score (nSPS) is 10.8. The standard InChI is InChI=1S/C13H10ClN3S/c1-8-10(3-2-6-15-8)16-13-17-11-7-9(14)4-5-12(11)18-13/h2-7H,1H3,(H,16,17). The molecule has 2 heterocycles. The molecule has 1 aromatic carbocycles. The van der Waals surface area contributed by atoms with E-state index in [1.807, 2.05) is 37.3 Å². The van der Waals surface area contributed by atoms with Crippen molar-refractivity contribution >= 4 is 44.0 Å². The first-order chi connectivity index (χ1) is 8.72. The number of thiazole rings is 1. The van der Waals surface area contributed by atoms with E-state index < -0.39 is 0 Å². The van der Waals surface area contributed by atoms with Gasteiger partial charge >= 0.3 is 0 Å². The number of hydrogen-bond donors (Lipinski definition) is 1. The summed E-state index contributed by atoms with van der Waals surface area (Å²) in [6.45, 7) is 1.96. The lowest BCUT2D eigenvalue weighted by molar-refractivity contribution is 1.20. The van der Waals surface area contributed by atoms with Crippen LogP contribution in [0.15, 0.2) is 36.5 Å². The topological polar surface area (TPSA) is 37.8 Å². The Hall–Kier alpha value is -1.65. The van der Waals surface area contributed by atoms with E-state index in [0.29, 0.717) is 5.02 Å². The molecule has 90 valence electrons. The molecule has 0 saturated carbocycles. The molecule has 3 aromatic rings. The summed E-state index contributed by atoms with van der Waals surface area (Å²) in [5, 5.41) is 4.84. The molecule has 0 saturated heterocycles. The first-order valence-corrected chi connectivity index (χ1v) is 6.66. The van der Waals surface area contributed by atoms with E-state index in [9.17, 15) is 0 Å². The van der Waals surface area contributed by atoms with Gasteiger partial charge in [0.15, 0.2) is 5.13 Å². The lowest BCUT2D eigenvalue weighted by Crippen LogP contribution is -1.93. The molecule has 5 heteroatoms. The molecule has 0 unspecified atom stereocenters. The Morgan fingerprint density at radius 2 is 2.17 bits per heavy atom. The van der Waals surface area contributed by atoms with Gasteiger partial charge in [-0.25, -0.2) is 4.98 Å². The minimum Gasteiger partial charge on any atom is -0.330 e. The molecule has 18 heavy (non-hydrogen) atoms. The van der Waals surface area contributed by atoms with Crippen molar-refractivity contribution in [2.45, 2.75) is 6.92 Å². The summed E-state index contributed by atoms with van der Waals surface area (Å²) in [6.07, 6.45) is 1.78. The van der Waals surface area contributed by atoms with Gasteiger partial charge in [-0.1, -0.05) is 22.9 Å². The van der Waals surface area contributed by atoms with Crippen molar-refractivity contribution in [3.63, 3.8) is 0 Å².